The standard InChI is InChI=1S/C15H22N2O4S/c1-22(19,20)14-6-4-13(5-7-14)21-10-8-15(18)17-12-3-2-9-16-11-12/h4-7,12,16H,2-3,8-11H2,1H3,(H,17,18). The van der Waals surface area contributed by atoms with Crippen molar-refractivity contribution in [3.8, 4) is 5.75 Å². The van der Waals surface area contributed by atoms with Gasteiger partial charge in [0.2, 0.25) is 5.91 Å². The number of hydrogen-bond donors (Lipinski definition) is 2. The first-order chi connectivity index (χ1) is 10.4. The zero-order valence-electron chi connectivity index (χ0n) is 12.7. The van der Waals surface area contributed by atoms with Crippen molar-refractivity contribution in [2.45, 2.75) is 30.2 Å². The Balaban J connectivity index is 1.72. The smallest absolute Gasteiger partial charge is 0.223 e. The molecule has 1 aromatic carbocycles. The van der Waals surface area contributed by atoms with Crippen molar-refractivity contribution >= 4 is 15.7 Å². The third-order valence-electron chi connectivity index (χ3n) is 3.51. The van der Waals surface area contributed by atoms with Crippen molar-refractivity contribution in [2.24, 2.45) is 0 Å². The molecule has 0 spiro atoms. The number of ether oxygens (including phenoxy) is 1. The lowest BCUT2D eigenvalue weighted by Gasteiger charge is -2.23. The van der Waals surface area contributed by atoms with Gasteiger partial charge in [0.25, 0.3) is 0 Å². The molecule has 0 bridgehead atoms. The van der Waals surface area contributed by atoms with Crippen LogP contribution in [0, 0.1) is 0 Å². The maximum atomic E-state index is 11.8. The Morgan fingerprint density at radius 2 is 2.09 bits per heavy atom. The van der Waals surface area contributed by atoms with Gasteiger partial charge in [-0.1, -0.05) is 0 Å². The van der Waals surface area contributed by atoms with E-state index in [1.54, 1.807) is 12.1 Å². The van der Waals surface area contributed by atoms with Crippen LogP contribution in [0.3, 0.4) is 0 Å². The normalized spacial score (nSPS) is 18.7. The number of hydrogen-bond acceptors (Lipinski definition) is 5. The zero-order valence-corrected chi connectivity index (χ0v) is 13.5. The van der Waals surface area contributed by atoms with Gasteiger partial charge >= 0.3 is 0 Å². The van der Waals surface area contributed by atoms with Crippen molar-refractivity contribution in [2.75, 3.05) is 26.0 Å². The zero-order chi connectivity index (χ0) is 16.0. The molecular weight excluding hydrogens is 304 g/mol. The predicted molar refractivity (Wildman–Crippen MR) is 83.7 cm³/mol. The summed E-state index contributed by atoms with van der Waals surface area (Å²) in [7, 11) is -3.20. The van der Waals surface area contributed by atoms with Crippen molar-refractivity contribution in [1.82, 2.24) is 10.6 Å². The van der Waals surface area contributed by atoms with Crippen LogP contribution in [-0.4, -0.2) is 46.3 Å². The molecule has 122 valence electrons. The van der Waals surface area contributed by atoms with Crippen molar-refractivity contribution in [3.05, 3.63) is 24.3 Å². The highest BCUT2D eigenvalue weighted by molar-refractivity contribution is 7.90. The maximum absolute atomic E-state index is 11.8. The molecule has 22 heavy (non-hydrogen) atoms. The molecule has 1 saturated heterocycles. The van der Waals surface area contributed by atoms with Crippen LogP contribution in [0.25, 0.3) is 0 Å². The summed E-state index contributed by atoms with van der Waals surface area (Å²) in [5.74, 6) is 0.529. The summed E-state index contributed by atoms with van der Waals surface area (Å²) >= 11 is 0. The largest absolute Gasteiger partial charge is 0.493 e. The quantitative estimate of drug-likeness (QED) is 0.805. The SMILES string of the molecule is CS(=O)(=O)c1ccc(OCCC(=O)NC2CCCNC2)cc1. The first kappa shape index (κ1) is 16.8. The molecular formula is C15H22N2O4S. The summed E-state index contributed by atoms with van der Waals surface area (Å²) in [4.78, 5) is 12.0. The van der Waals surface area contributed by atoms with E-state index in [0.717, 1.165) is 32.2 Å². The van der Waals surface area contributed by atoms with E-state index < -0.39 is 9.84 Å². The first-order valence-electron chi connectivity index (χ1n) is 7.38. The molecule has 1 fully saturated rings. The van der Waals surface area contributed by atoms with Gasteiger partial charge in [0, 0.05) is 18.8 Å². The Hall–Kier alpha value is -1.60. The Morgan fingerprint density at radius 1 is 1.36 bits per heavy atom. The summed E-state index contributed by atoms with van der Waals surface area (Å²) in [5, 5.41) is 6.22. The van der Waals surface area contributed by atoms with Crippen molar-refractivity contribution in [1.29, 1.82) is 0 Å². The molecule has 0 aromatic heterocycles. The highest BCUT2D eigenvalue weighted by Crippen LogP contribution is 2.15. The fourth-order valence-corrected chi connectivity index (χ4v) is 2.95. The average molecular weight is 326 g/mol. The lowest BCUT2D eigenvalue weighted by Crippen LogP contribution is -2.45. The molecule has 1 amide bonds. The molecule has 2 rings (SSSR count). The van der Waals surface area contributed by atoms with Gasteiger partial charge in [0.1, 0.15) is 5.75 Å². The van der Waals surface area contributed by atoms with Crippen molar-refractivity contribution in [3.63, 3.8) is 0 Å². The van der Waals surface area contributed by atoms with E-state index >= 15 is 0 Å². The van der Waals surface area contributed by atoms with E-state index in [2.05, 4.69) is 10.6 Å². The summed E-state index contributed by atoms with van der Waals surface area (Å²) in [6.45, 7) is 2.10. The highest BCUT2D eigenvalue weighted by Gasteiger charge is 2.15. The molecule has 2 N–H and O–H groups in total. The topological polar surface area (TPSA) is 84.5 Å². The lowest BCUT2D eigenvalue weighted by atomic mass is 10.1. The van der Waals surface area contributed by atoms with E-state index in [-0.39, 0.29) is 29.9 Å². The third kappa shape index (κ3) is 5.31. The second kappa shape index (κ2) is 7.60. The number of sulfone groups is 1. The first-order valence-corrected chi connectivity index (χ1v) is 9.27. The number of carbonyl (C=O) groups is 1. The molecule has 1 heterocycles. The van der Waals surface area contributed by atoms with E-state index in [0.29, 0.717) is 5.75 Å². The van der Waals surface area contributed by atoms with E-state index in [4.69, 9.17) is 4.74 Å². The lowest BCUT2D eigenvalue weighted by molar-refractivity contribution is -0.122. The molecule has 0 aliphatic carbocycles. The van der Waals surface area contributed by atoms with Crippen LogP contribution in [0.2, 0.25) is 0 Å². The molecule has 0 saturated carbocycles. The summed E-state index contributed by atoms with van der Waals surface area (Å²) in [6, 6.07) is 6.39. The van der Waals surface area contributed by atoms with Gasteiger partial charge in [0.05, 0.1) is 17.9 Å². The minimum Gasteiger partial charge on any atom is -0.493 e. The average Bonchev–Trinajstić information content (AvgIpc) is 2.48. The Labute approximate surface area is 131 Å². The van der Waals surface area contributed by atoms with E-state index in [1.807, 2.05) is 0 Å². The van der Waals surface area contributed by atoms with Gasteiger partial charge in [0.15, 0.2) is 9.84 Å². The third-order valence-corrected chi connectivity index (χ3v) is 4.64. The van der Waals surface area contributed by atoms with Crippen LogP contribution < -0.4 is 15.4 Å². The van der Waals surface area contributed by atoms with Crippen LogP contribution in [0.1, 0.15) is 19.3 Å². The number of carbonyl (C=O) groups excluding carboxylic acids is 1. The molecule has 1 unspecified atom stereocenters. The molecule has 1 atom stereocenters. The number of benzene rings is 1. The number of nitrogens with one attached hydrogen (secondary N) is 2. The van der Waals surface area contributed by atoms with Crippen LogP contribution in [0.15, 0.2) is 29.2 Å². The molecule has 1 aromatic rings. The van der Waals surface area contributed by atoms with Gasteiger partial charge in [-0.25, -0.2) is 8.42 Å². The Morgan fingerprint density at radius 3 is 2.68 bits per heavy atom. The Kier molecular flexibility index (Phi) is 5.79. The molecule has 1 aliphatic rings. The summed E-state index contributed by atoms with van der Waals surface area (Å²) in [6.07, 6.45) is 3.53. The second-order valence-corrected chi connectivity index (χ2v) is 7.47. The fraction of sp³-hybridized carbons (Fsp3) is 0.533. The Bertz CT molecular complexity index is 592. The van der Waals surface area contributed by atoms with Crippen LogP contribution in [0.4, 0.5) is 0 Å². The summed E-state index contributed by atoms with van der Waals surface area (Å²) in [5.41, 5.74) is 0. The van der Waals surface area contributed by atoms with Crippen LogP contribution in [0.5, 0.6) is 5.75 Å². The number of amides is 1. The van der Waals surface area contributed by atoms with E-state index in [9.17, 15) is 13.2 Å². The number of piperidine rings is 1. The molecule has 1 aliphatic heterocycles. The van der Waals surface area contributed by atoms with Gasteiger partial charge in [-0.15, -0.1) is 0 Å². The van der Waals surface area contributed by atoms with Crippen molar-refractivity contribution < 1.29 is 17.9 Å². The molecule has 7 heteroatoms. The predicted octanol–water partition coefficient (Wildman–Crippen LogP) is 0.727. The second-order valence-electron chi connectivity index (χ2n) is 5.45. The highest BCUT2D eigenvalue weighted by atomic mass is 32.2. The van der Waals surface area contributed by atoms with Gasteiger partial charge in [-0.05, 0) is 43.7 Å². The molecule has 0 radical (unpaired) electrons. The minimum atomic E-state index is -3.20. The number of rotatable bonds is 6. The van der Waals surface area contributed by atoms with Crippen LogP contribution in [-0.2, 0) is 14.6 Å². The van der Waals surface area contributed by atoms with Gasteiger partial charge < -0.3 is 15.4 Å². The minimum absolute atomic E-state index is 0.0264. The van der Waals surface area contributed by atoms with Gasteiger partial charge in [-0.2, -0.15) is 0 Å². The van der Waals surface area contributed by atoms with Crippen LogP contribution >= 0.6 is 0 Å². The maximum Gasteiger partial charge on any atom is 0.223 e. The monoisotopic (exact) mass is 326 g/mol. The van der Waals surface area contributed by atoms with E-state index in [1.165, 1.54) is 12.1 Å². The summed E-state index contributed by atoms with van der Waals surface area (Å²) < 4.78 is 28.1. The van der Waals surface area contributed by atoms with Gasteiger partial charge in [-0.3, -0.25) is 4.79 Å². The fourth-order valence-electron chi connectivity index (χ4n) is 2.32. The molecule has 6 nitrogen and oxygen atoms in total.